The molecule has 2 aromatic rings. The second-order valence-electron chi connectivity index (χ2n) is 5.21. The van der Waals surface area contributed by atoms with Crippen molar-refractivity contribution in [1.82, 2.24) is 9.78 Å². The van der Waals surface area contributed by atoms with Crippen molar-refractivity contribution in [2.75, 3.05) is 18.2 Å². The predicted molar refractivity (Wildman–Crippen MR) is 86.7 cm³/mol. The summed E-state index contributed by atoms with van der Waals surface area (Å²) in [7, 11) is 1.67. The quantitative estimate of drug-likeness (QED) is 0.855. The summed E-state index contributed by atoms with van der Waals surface area (Å²) in [6.07, 6.45) is 1.02. The van der Waals surface area contributed by atoms with E-state index in [1.165, 1.54) is 5.56 Å². The van der Waals surface area contributed by atoms with Crippen molar-refractivity contribution in [3.05, 3.63) is 35.5 Å². The fourth-order valence-corrected chi connectivity index (χ4v) is 2.30. The van der Waals surface area contributed by atoms with Crippen LogP contribution in [0.3, 0.4) is 0 Å². The molecule has 0 aliphatic heterocycles. The van der Waals surface area contributed by atoms with Gasteiger partial charge in [-0.2, -0.15) is 5.10 Å². The van der Waals surface area contributed by atoms with Gasteiger partial charge in [0.1, 0.15) is 11.6 Å². The summed E-state index contributed by atoms with van der Waals surface area (Å²) >= 11 is 0. The first-order valence-corrected chi connectivity index (χ1v) is 7.30. The standard InChI is InChI=1S/C16H24N4O/c1-5-10-20-16(15(17)12(3)19-20)18-11(2)13-6-8-14(21-4)9-7-13/h6-9,11,18H,5,10,17H2,1-4H3. The van der Waals surface area contributed by atoms with Crippen molar-refractivity contribution >= 4 is 11.5 Å². The lowest BCUT2D eigenvalue weighted by atomic mass is 10.1. The van der Waals surface area contributed by atoms with Crippen LogP contribution in [-0.2, 0) is 6.54 Å². The summed E-state index contributed by atoms with van der Waals surface area (Å²) in [6.45, 7) is 7.03. The molecule has 1 unspecified atom stereocenters. The van der Waals surface area contributed by atoms with Gasteiger partial charge in [-0.15, -0.1) is 0 Å². The van der Waals surface area contributed by atoms with Crippen LogP contribution in [-0.4, -0.2) is 16.9 Å². The summed E-state index contributed by atoms with van der Waals surface area (Å²) in [6, 6.07) is 8.18. The number of aryl methyl sites for hydroxylation is 2. The zero-order chi connectivity index (χ0) is 15.4. The molecule has 0 aliphatic rings. The van der Waals surface area contributed by atoms with E-state index >= 15 is 0 Å². The minimum Gasteiger partial charge on any atom is -0.497 e. The Morgan fingerprint density at radius 1 is 1.33 bits per heavy atom. The highest BCUT2D eigenvalue weighted by molar-refractivity contribution is 5.65. The number of rotatable bonds is 6. The lowest BCUT2D eigenvalue weighted by Crippen LogP contribution is -2.13. The molecule has 0 amide bonds. The number of nitrogens with two attached hydrogens (primary N) is 1. The van der Waals surface area contributed by atoms with Gasteiger partial charge in [-0.3, -0.25) is 0 Å². The molecule has 1 atom stereocenters. The molecule has 0 fully saturated rings. The Balaban J connectivity index is 2.20. The van der Waals surface area contributed by atoms with Gasteiger partial charge in [-0.05, 0) is 38.0 Å². The van der Waals surface area contributed by atoms with Crippen molar-refractivity contribution in [3.63, 3.8) is 0 Å². The number of anilines is 2. The Kier molecular flexibility index (Phi) is 4.73. The molecule has 0 spiro atoms. The summed E-state index contributed by atoms with van der Waals surface area (Å²) in [5, 5.41) is 7.96. The average Bonchev–Trinajstić information content (AvgIpc) is 2.75. The van der Waals surface area contributed by atoms with E-state index in [1.54, 1.807) is 7.11 Å². The molecule has 21 heavy (non-hydrogen) atoms. The van der Waals surface area contributed by atoms with Gasteiger partial charge in [0.15, 0.2) is 0 Å². The molecule has 0 saturated carbocycles. The third-order valence-corrected chi connectivity index (χ3v) is 3.58. The third kappa shape index (κ3) is 3.29. The van der Waals surface area contributed by atoms with Gasteiger partial charge in [0, 0.05) is 6.54 Å². The maximum Gasteiger partial charge on any atom is 0.148 e. The van der Waals surface area contributed by atoms with Gasteiger partial charge in [0.05, 0.1) is 24.5 Å². The molecule has 0 bridgehead atoms. The Hall–Kier alpha value is -2.17. The smallest absolute Gasteiger partial charge is 0.148 e. The van der Waals surface area contributed by atoms with Gasteiger partial charge >= 0.3 is 0 Å². The van der Waals surface area contributed by atoms with E-state index in [0.29, 0.717) is 0 Å². The van der Waals surface area contributed by atoms with Crippen molar-refractivity contribution in [3.8, 4) is 5.75 Å². The van der Waals surface area contributed by atoms with Crippen molar-refractivity contribution in [2.24, 2.45) is 0 Å². The molecule has 0 saturated heterocycles. The van der Waals surface area contributed by atoms with Gasteiger partial charge in [0.2, 0.25) is 0 Å². The van der Waals surface area contributed by atoms with E-state index in [2.05, 4.69) is 36.4 Å². The number of benzene rings is 1. The van der Waals surface area contributed by atoms with Crippen LogP contribution in [0.2, 0.25) is 0 Å². The number of ether oxygens (including phenoxy) is 1. The van der Waals surface area contributed by atoms with E-state index in [1.807, 2.05) is 23.7 Å². The van der Waals surface area contributed by atoms with E-state index in [0.717, 1.165) is 35.9 Å². The normalized spacial score (nSPS) is 12.2. The number of nitrogen functional groups attached to an aromatic ring is 1. The Bertz CT molecular complexity index is 589. The third-order valence-electron chi connectivity index (χ3n) is 3.58. The molecule has 1 aromatic heterocycles. The number of nitrogens with one attached hydrogen (secondary N) is 1. The molecule has 5 nitrogen and oxygen atoms in total. The summed E-state index contributed by atoms with van der Waals surface area (Å²) in [4.78, 5) is 0. The lowest BCUT2D eigenvalue weighted by molar-refractivity contribution is 0.414. The zero-order valence-corrected chi connectivity index (χ0v) is 13.2. The highest BCUT2D eigenvalue weighted by Gasteiger charge is 2.15. The van der Waals surface area contributed by atoms with Gasteiger partial charge < -0.3 is 15.8 Å². The average molecular weight is 288 g/mol. The van der Waals surface area contributed by atoms with E-state index in [-0.39, 0.29) is 6.04 Å². The van der Waals surface area contributed by atoms with Gasteiger partial charge in [-0.1, -0.05) is 19.1 Å². The van der Waals surface area contributed by atoms with E-state index in [9.17, 15) is 0 Å². The summed E-state index contributed by atoms with van der Waals surface area (Å²) in [5.41, 5.74) is 8.91. The van der Waals surface area contributed by atoms with Crippen LogP contribution in [0.5, 0.6) is 5.75 Å². The number of aromatic nitrogens is 2. The monoisotopic (exact) mass is 288 g/mol. The van der Waals surface area contributed by atoms with Gasteiger partial charge in [0.25, 0.3) is 0 Å². The first-order valence-electron chi connectivity index (χ1n) is 7.30. The Morgan fingerprint density at radius 3 is 2.57 bits per heavy atom. The molecule has 1 aromatic carbocycles. The van der Waals surface area contributed by atoms with Crippen LogP contribution in [0.15, 0.2) is 24.3 Å². The number of hydrogen-bond acceptors (Lipinski definition) is 4. The number of hydrogen-bond donors (Lipinski definition) is 2. The van der Waals surface area contributed by atoms with Crippen molar-refractivity contribution < 1.29 is 4.74 Å². The second kappa shape index (κ2) is 6.52. The van der Waals surface area contributed by atoms with Crippen LogP contribution in [0.1, 0.15) is 37.6 Å². The van der Waals surface area contributed by atoms with Gasteiger partial charge in [-0.25, -0.2) is 4.68 Å². The molecule has 0 aliphatic carbocycles. The maximum atomic E-state index is 6.14. The Morgan fingerprint density at radius 2 is 2.00 bits per heavy atom. The van der Waals surface area contributed by atoms with E-state index in [4.69, 9.17) is 10.5 Å². The summed E-state index contributed by atoms with van der Waals surface area (Å²) < 4.78 is 7.14. The zero-order valence-electron chi connectivity index (χ0n) is 13.2. The molecular weight excluding hydrogens is 264 g/mol. The first kappa shape index (κ1) is 15.2. The molecule has 5 heteroatoms. The highest BCUT2D eigenvalue weighted by atomic mass is 16.5. The lowest BCUT2D eigenvalue weighted by Gasteiger charge is -2.17. The minimum absolute atomic E-state index is 0.143. The van der Waals surface area contributed by atoms with E-state index < -0.39 is 0 Å². The second-order valence-corrected chi connectivity index (χ2v) is 5.21. The van der Waals surface area contributed by atoms with Crippen LogP contribution in [0.4, 0.5) is 11.5 Å². The molecule has 3 N–H and O–H groups in total. The largest absolute Gasteiger partial charge is 0.497 e. The topological polar surface area (TPSA) is 65.1 Å². The fraction of sp³-hybridized carbons (Fsp3) is 0.438. The number of nitrogens with zero attached hydrogens (tertiary/aromatic N) is 2. The first-order chi connectivity index (χ1) is 10.1. The molecule has 114 valence electrons. The van der Waals surface area contributed by atoms with Crippen LogP contribution in [0.25, 0.3) is 0 Å². The molecular formula is C16H24N4O. The van der Waals surface area contributed by atoms with Crippen LogP contribution in [0, 0.1) is 6.92 Å². The minimum atomic E-state index is 0.143. The molecule has 0 radical (unpaired) electrons. The summed E-state index contributed by atoms with van der Waals surface area (Å²) in [5.74, 6) is 1.76. The van der Waals surface area contributed by atoms with Crippen molar-refractivity contribution in [2.45, 2.75) is 39.8 Å². The molecule has 1 heterocycles. The predicted octanol–water partition coefficient (Wildman–Crippen LogP) is 3.37. The van der Waals surface area contributed by atoms with Crippen LogP contribution >= 0.6 is 0 Å². The van der Waals surface area contributed by atoms with Crippen molar-refractivity contribution in [1.29, 1.82) is 0 Å². The molecule has 2 rings (SSSR count). The number of methoxy groups -OCH3 is 1. The maximum absolute atomic E-state index is 6.14. The van der Waals surface area contributed by atoms with Crippen LogP contribution < -0.4 is 15.8 Å². The fourth-order valence-electron chi connectivity index (χ4n) is 2.30. The highest BCUT2D eigenvalue weighted by Crippen LogP contribution is 2.27. The Labute approximate surface area is 126 Å². The SMILES string of the molecule is CCCn1nc(C)c(N)c1NC(C)c1ccc(OC)cc1.